The highest BCUT2D eigenvalue weighted by Crippen LogP contribution is 2.33. The molecular formula is C22H24N6O2S. The molecule has 4 aromatic rings. The van der Waals surface area contributed by atoms with Crippen molar-refractivity contribution in [3.05, 3.63) is 60.5 Å². The number of ether oxygens (including phenoxy) is 1. The van der Waals surface area contributed by atoms with Gasteiger partial charge in [0.25, 0.3) is 0 Å². The van der Waals surface area contributed by atoms with Crippen LogP contribution in [0.5, 0.6) is 5.75 Å². The lowest BCUT2D eigenvalue weighted by Crippen LogP contribution is -2.04. The number of pyridine rings is 1. The van der Waals surface area contributed by atoms with Crippen LogP contribution in [0.2, 0.25) is 0 Å². The van der Waals surface area contributed by atoms with E-state index in [0.29, 0.717) is 35.1 Å². The highest BCUT2D eigenvalue weighted by atomic mass is 32.2. The zero-order valence-electron chi connectivity index (χ0n) is 17.7. The van der Waals surface area contributed by atoms with Crippen LogP contribution in [0.3, 0.4) is 0 Å². The van der Waals surface area contributed by atoms with Gasteiger partial charge in [-0.25, -0.2) is 0 Å². The van der Waals surface area contributed by atoms with E-state index in [1.54, 1.807) is 12.4 Å². The van der Waals surface area contributed by atoms with Crippen molar-refractivity contribution in [1.82, 2.24) is 29.9 Å². The Bertz CT molecular complexity index is 1130. The van der Waals surface area contributed by atoms with Crippen LogP contribution in [0.15, 0.2) is 58.5 Å². The zero-order valence-corrected chi connectivity index (χ0v) is 18.5. The van der Waals surface area contributed by atoms with Gasteiger partial charge in [-0.1, -0.05) is 42.9 Å². The standard InChI is InChI=1S/C22H24N6O2S/c1-4-29-18-10-6-5-9-17(18)28-21(16-8-7-11-23-13-16)25-26-22(28)31-14-20-24-19(27-30-20)12-15(2)3/h5-11,13,15H,4,12,14H2,1-3H3. The summed E-state index contributed by atoms with van der Waals surface area (Å²) in [5.74, 6) is 3.70. The number of rotatable bonds is 9. The Balaban J connectivity index is 1.68. The van der Waals surface area contributed by atoms with Crippen molar-refractivity contribution in [3.63, 3.8) is 0 Å². The first-order valence-electron chi connectivity index (χ1n) is 10.2. The van der Waals surface area contributed by atoms with E-state index in [9.17, 15) is 0 Å². The molecule has 9 heteroatoms. The van der Waals surface area contributed by atoms with E-state index in [-0.39, 0.29) is 0 Å². The number of aromatic nitrogens is 6. The predicted molar refractivity (Wildman–Crippen MR) is 118 cm³/mol. The molecule has 0 aliphatic carbocycles. The van der Waals surface area contributed by atoms with Gasteiger partial charge in [-0.15, -0.1) is 10.2 Å². The topological polar surface area (TPSA) is 91.8 Å². The highest BCUT2D eigenvalue weighted by Gasteiger charge is 2.20. The third-order valence-corrected chi connectivity index (χ3v) is 5.30. The van der Waals surface area contributed by atoms with E-state index in [2.05, 4.69) is 39.2 Å². The van der Waals surface area contributed by atoms with E-state index >= 15 is 0 Å². The highest BCUT2D eigenvalue weighted by molar-refractivity contribution is 7.98. The first-order valence-corrected chi connectivity index (χ1v) is 11.2. The van der Waals surface area contributed by atoms with E-state index in [1.165, 1.54) is 11.8 Å². The van der Waals surface area contributed by atoms with Gasteiger partial charge in [0.2, 0.25) is 5.89 Å². The van der Waals surface area contributed by atoms with Gasteiger partial charge >= 0.3 is 0 Å². The van der Waals surface area contributed by atoms with Crippen LogP contribution in [-0.2, 0) is 12.2 Å². The lowest BCUT2D eigenvalue weighted by atomic mass is 10.1. The monoisotopic (exact) mass is 436 g/mol. The largest absolute Gasteiger partial charge is 0.492 e. The molecule has 4 rings (SSSR count). The summed E-state index contributed by atoms with van der Waals surface area (Å²) >= 11 is 1.49. The van der Waals surface area contributed by atoms with Crippen LogP contribution in [0.1, 0.15) is 32.5 Å². The van der Waals surface area contributed by atoms with Gasteiger partial charge in [0, 0.05) is 24.4 Å². The average molecular weight is 437 g/mol. The molecule has 0 aliphatic heterocycles. The molecule has 1 aromatic carbocycles. The van der Waals surface area contributed by atoms with E-state index < -0.39 is 0 Å². The molecule has 31 heavy (non-hydrogen) atoms. The molecular weight excluding hydrogens is 412 g/mol. The molecule has 0 saturated carbocycles. The Kier molecular flexibility index (Phi) is 6.61. The van der Waals surface area contributed by atoms with Crippen molar-refractivity contribution < 1.29 is 9.26 Å². The number of thioether (sulfide) groups is 1. The minimum atomic E-state index is 0.471. The Morgan fingerprint density at radius 2 is 2.00 bits per heavy atom. The average Bonchev–Trinajstić information content (AvgIpc) is 3.40. The van der Waals surface area contributed by atoms with Gasteiger partial charge in [-0.3, -0.25) is 9.55 Å². The van der Waals surface area contributed by atoms with Gasteiger partial charge in [0.05, 0.1) is 18.0 Å². The second-order valence-corrected chi connectivity index (χ2v) is 8.22. The maximum absolute atomic E-state index is 5.87. The normalized spacial score (nSPS) is 11.2. The number of para-hydroxylation sites is 2. The second-order valence-electron chi connectivity index (χ2n) is 7.28. The second kappa shape index (κ2) is 9.74. The summed E-state index contributed by atoms with van der Waals surface area (Å²) in [6, 6.07) is 11.7. The lowest BCUT2D eigenvalue weighted by molar-refractivity contribution is 0.338. The molecule has 0 aliphatic rings. The van der Waals surface area contributed by atoms with Crippen LogP contribution in [0.25, 0.3) is 17.1 Å². The Morgan fingerprint density at radius 1 is 1.13 bits per heavy atom. The molecule has 3 heterocycles. The van der Waals surface area contributed by atoms with Gasteiger partial charge in [0.1, 0.15) is 5.75 Å². The van der Waals surface area contributed by atoms with Crippen LogP contribution in [0, 0.1) is 5.92 Å². The maximum Gasteiger partial charge on any atom is 0.237 e. The van der Waals surface area contributed by atoms with Crippen molar-refractivity contribution in [3.8, 4) is 22.8 Å². The van der Waals surface area contributed by atoms with Crippen molar-refractivity contribution in [2.75, 3.05) is 6.61 Å². The minimum absolute atomic E-state index is 0.471. The summed E-state index contributed by atoms with van der Waals surface area (Å²) in [4.78, 5) is 8.72. The fourth-order valence-electron chi connectivity index (χ4n) is 3.11. The Morgan fingerprint density at radius 3 is 2.77 bits per heavy atom. The molecule has 0 atom stereocenters. The summed E-state index contributed by atoms with van der Waals surface area (Å²) in [6.45, 7) is 6.78. The van der Waals surface area contributed by atoms with Gasteiger partial charge < -0.3 is 9.26 Å². The first-order chi connectivity index (χ1) is 15.2. The van der Waals surface area contributed by atoms with Gasteiger partial charge in [-0.2, -0.15) is 4.98 Å². The molecule has 0 saturated heterocycles. The summed E-state index contributed by atoms with van der Waals surface area (Å²) in [5, 5.41) is 13.7. The first kappa shape index (κ1) is 21.0. The molecule has 0 fully saturated rings. The third-order valence-electron chi connectivity index (χ3n) is 4.38. The fourth-order valence-corrected chi connectivity index (χ4v) is 3.89. The molecule has 0 bridgehead atoms. The molecule has 0 amide bonds. The predicted octanol–water partition coefficient (Wildman–Crippen LogP) is 4.60. The van der Waals surface area contributed by atoms with E-state index in [1.807, 2.05) is 47.9 Å². The number of hydrogen-bond donors (Lipinski definition) is 0. The van der Waals surface area contributed by atoms with Crippen molar-refractivity contribution in [2.24, 2.45) is 5.92 Å². The van der Waals surface area contributed by atoms with Gasteiger partial charge in [0.15, 0.2) is 16.8 Å². The van der Waals surface area contributed by atoms with E-state index in [0.717, 1.165) is 29.2 Å². The summed E-state index contributed by atoms with van der Waals surface area (Å²) in [5.41, 5.74) is 1.73. The van der Waals surface area contributed by atoms with Crippen LogP contribution in [-0.4, -0.2) is 36.5 Å². The molecule has 0 unspecified atom stereocenters. The maximum atomic E-state index is 5.87. The molecule has 160 valence electrons. The number of nitrogens with zero attached hydrogens (tertiary/aromatic N) is 6. The van der Waals surface area contributed by atoms with E-state index in [4.69, 9.17) is 9.26 Å². The van der Waals surface area contributed by atoms with Gasteiger partial charge in [-0.05, 0) is 37.1 Å². The van der Waals surface area contributed by atoms with Crippen molar-refractivity contribution >= 4 is 11.8 Å². The third kappa shape index (κ3) is 4.93. The Labute approximate surface area is 185 Å². The van der Waals surface area contributed by atoms with Crippen molar-refractivity contribution in [2.45, 2.75) is 38.1 Å². The summed E-state index contributed by atoms with van der Waals surface area (Å²) in [6.07, 6.45) is 4.30. The number of benzene rings is 1. The SMILES string of the molecule is CCOc1ccccc1-n1c(SCc2nc(CC(C)C)no2)nnc1-c1cccnc1. The van der Waals surface area contributed by atoms with Crippen molar-refractivity contribution in [1.29, 1.82) is 0 Å². The molecule has 8 nitrogen and oxygen atoms in total. The number of hydrogen-bond acceptors (Lipinski definition) is 8. The summed E-state index contributed by atoms with van der Waals surface area (Å²) < 4.78 is 13.3. The Hall–Kier alpha value is -3.20. The van der Waals surface area contributed by atoms with Crippen LogP contribution >= 0.6 is 11.8 Å². The molecule has 0 N–H and O–H groups in total. The smallest absolute Gasteiger partial charge is 0.237 e. The molecule has 3 aromatic heterocycles. The van der Waals surface area contributed by atoms with Crippen LogP contribution in [0.4, 0.5) is 0 Å². The lowest BCUT2D eigenvalue weighted by Gasteiger charge is -2.14. The quantitative estimate of drug-likeness (QED) is 0.352. The minimum Gasteiger partial charge on any atom is -0.492 e. The summed E-state index contributed by atoms with van der Waals surface area (Å²) in [7, 11) is 0. The zero-order chi connectivity index (χ0) is 21.6. The molecule has 0 radical (unpaired) electrons. The van der Waals surface area contributed by atoms with Crippen LogP contribution < -0.4 is 4.74 Å². The fraction of sp³-hybridized carbons (Fsp3) is 0.318. The molecule has 0 spiro atoms.